The van der Waals surface area contributed by atoms with Crippen LogP contribution in [0.2, 0.25) is 5.02 Å². The first kappa shape index (κ1) is 14.0. The molecule has 0 spiro atoms. The van der Waals surface area contributed by atoms with Gasteiger partial charge < -0.3 is 5.32 Å². The number of hydrogen-bond acceptors (Lipinski definition) is 1. The van der Waals surface area contributed by atoms with Gasteiger partial charge in [-0.1, -0.05) is 35.9 Å². The van der Waals surface area contributed by atoms with Gasteiger partial charge in [-0.25, -0.2) is 8.78 Å². The molecule has 0 saturated heterocycles. The first-order valence-corrected chi connectivity index (χ1v) is 6.37. The van der Waals surface area contributed by atoms with E-state index in [2.05, 4.69) is 5.32 Å². The number of hydrogen-bond donors (Lipinski definition) is 1. The molecule has 0 aliphatic heterocycles. The molecule has 0 bridgehead atoms. The molecule has 0 amide bonds. The van der Waals surface area contributed by atoms with Gasteiger partial charge in [0.2, 0.25) is 0 Å². The van der Waals surface area contributed by atoms with E-state index < -0.39 is 5.82 Å². The van der Waals surface area contributed by atoms with Crippen LogP contribution < -0.4 is 5.32 Å². The molecule has 0 aromatic heterocycles. The van der Waals surface area contributed by atoms with Gasteiger partial charge in [-0.3, -0.25) is 0 Å². The Balaban J connectivity index is 2.03. The van der Waals surface area contributed by atoms with Gasteiger partial charge >= 0.3 is 0 Å². The number of halogens is 3. The van der Waals surface area contributed by atoms with Crippen LogP contribution in [0.5, 0.6) is 0 Å². The van der Waals surface area contributed by atoms with E-state index in [1.165, 1.54) is 18.2 Å². The van der Waals surface area contributed by atoms with Crippen LogP contribution in [-0.4, -0.2) is 0 Å². The standard InChI is InChI=1S/C15H14ClF2N/c1-10(11-6-7-13(16)15(18)8-11)19-9-12-4-2-3-5-14(12)17/h2-8,10,19H,9H2,1H3. The van der Waals surface area contributed by atoms with E-state index in [-0.39, 0.29) is 16.9 Å². The maximum absolute atomic E-state index is 13.4. The van der Waals surface area contributed by atoms with Crippen molar-refractivity contribution in [3.63, 3.8) is 0 Å². The molecule has 100 valence electrons. The average Bonchev–Trinajstić information content (AvgIpc) is 2.40. The maximum Gasteiger partial charge on any atom is 0.142 e. The van der Waals surface area contributed by atoms with E-state index in [0.29, 0.717) is 12.1 Å². The van der Waals surface area contributed by atoms with Crippen molar-refractivity contribution in [1.82, 2.24) is 5.32 Å². The van der Waals surface area contributed by atoms with E-state index in [9.17, 15) is 8.78 Å². The van der Waals surface area contributed by atoms with Crippen LogP contribution in [0.3, 0.4) is 0 Å². The number of benzene rings is 2. The Morgan fingerprint density at radius 1 is 1.11 bits per heavy atom. The van der Waals surface area contributed by atoms with Gasteiger partial charge in [0, 0.05) is 18.2 Å². The highest BCUT2D eigenvalue weighted by Crippen LogP contribution is 2.20. The monoisotopic (exact) mass is 281 g/mol. The Bertz CT molecular complexity index is 572. The topological polar surface area (TPSA) is 12.0 Å². The zero-order chi connectivity index (χ0) is 13.8. The first-order chi connectivity index (χ1) is 9.08. The summed E-state index contributed by atoms with van der Waals surface area (Å²) in [5, 5.41) is 3.25. The largest absolute Gasteiger partial charge is 0.306 e. The van der Waals surface area contributed by atoms with Crippen molar-refractivity contribution in [3.8, 4) is 0 Å². The van der Waals surface area contributed by atoms with Crippen molar-refractivity contribution < 1.29 is 8.78 Å². The van der Waals surface area contributed by atoms with Gasteiger partial charge in [-0.2, -0.15) is 0 Å². The summed E-state index contributed by atoms with van der Waals surface area (Å²) in [5.41, 5.74) is 1.36. The van der Waals surface area contributed by atoms with Crippen LogP contribution in [-0.2, 0) is 6.54 Å². The molecule has 1 N–H and O–H groups in total. The molecule has 1 nitrogen and oxygen atoms in total. The molecule has 1 unspecified atom stereocenters. The molecule has 0 heterocycles. The summed E-state index contributed by atoms with van der Waals surface area (Å²) in [4.78, 5) is 0. The molecule has 0 saturated carbocycles. The Kier molecular flexibility index (Phi) is 4.51. The molecular weight excluding hydrogens is 268 g/mol. The molecule has 2 rings (SSSR count). The molecule has 0 fully saturated rings. The molecule has 4 heteroatoms. The van der Waals surface area contributed by atoms with Crippen LogP contribution >= 0.6 is 11.6 Å². The summed E-state index contributed by atoms with van der Waals surface area (Å²) in [6.45, 7) is 2.28. The lowest BCUT2D eigenvalue weighted by atomic mass is 10.1. The summed E-state index contributed by atoms with van der Waals surface area (Å²) < 4.78 is 26.8. The normalized spacial score (nSPS) is 12.4. The molecule has 2 aromatic rings. The maximum atomic E-state index is 13.4. The fourth-order valence-electron chi connectivity index (χ4n) is 1.80. The summed E-state index contributed by atoms with van der Waals surface area (Å²) in [6, 6.07) is 11.1. The van der Waals surface area contributed by atoms with Crippen molar-refractivity contribution in [1.29, 1.82) is 0 Å². The van der Waals surface area contributed by atoms with Crippen molar-refractivity contribution in [2.24, 2.45) is 0 Å². The summed E-state index contributed by atoms with van der Waals surface area (Å²) >= 11 is 5.63. The second kappa shape index (κ2) is 6.13. The average molecular weight is 282 g/mol. The van der Waals surface area contributed by atoms with E-state index in [4.69, 9.17) is 11.6 Å². The first-order valence-electron chi connectivity index (χ1n) is 5.99. The fourth-order valence-corrected chi connectivity index (χ4v) is 1.92. The lowest BCUT2D eigenvalue weighted by Crippen LogP contribution is -2.18. The predicted molar refractivity (Wildman–Crippen MR) is 73.1 cm³/mol. The minimum atomic E-state index is -0.446. The van der Waals surface area contributed by atoms with Gasteiger partial charge in [-0.15, -0.1) is 0 Å². The van der Waals surface area contributed by atoms with E-state index in [0.717, 1.165) is 5.56 Å². The molecule has 2 aromatic carbocycles. The lowest BCUT2D eigenvalue weighted by Gasteiger charge is -2.15. The Morgan fingerprint density at radius 2 is 1.84 bits per heavy atom. The van der Waals surface area contributed by atoms with Crippen molar-refractivity contribution in [3.05, 3.63) is 70.2 Å². The van der Waals surface area contributed by atoms with Crippen molar-refractivity contribution >= 4 is 11.6 Å². The second-order valence-corrected chi connectivity index (χ2v) is 4.77. The van der Waals surface area contributed by atoms with Crippen LogP contribution in [0.25, 0.3) is 0 Å². The molecule has 0 aliphatic carbocycles. The molecule has 0 radical (unpaired) electrons. The quantitative estimate of drug-likeness (QED) is 0.872. The van der Waals surface area contributed by atoms with Gasteiger partial charge in [0.25, 0.3) is 0 Å². The zero-order valence-electron chi connectivity index (χ0n) is 10.5. The smallest absolute Gasteiger partial charge is 0.142 e. The minimum Gasteiger partial charge on any atom is -0.306 e. The molecule has 0 aliphatic rings. The zero-order valence-corrected chi connectivity index (χ0v) is 11.2. The highest BCUT2D eigenvalue weighted by atomic mass is 35.5. The number of rotatable bonds is 4. The van der Waals surface area contributed by atoms with Crippen LogP contribution in [0.1, 0.15) is 24.1 Å². The predicted octanol–water partition coefficient (Wildman–Crippen LogP) is 4.47. The Labute approximate surface area is 116 Å². The van der Waals surface area contributed by atoms with Gasteiger partial charge in [0.15, 0.2) is 0 Å². The SMILES string of the molecule is CC(NCc1ccccc1F)c1ccc(Cl)c(F)c1. The van der Waals surface area contributed by atoms with E-state index >= 15 is 0 Å². The van der Waals surface area contributed by atoms with Gasteiger partial charge in [-0.05, 0) is 30.7 Å². The summed E-state index contributed by atoms with van der Waals surface area (Å²) in [7, 11) is 0. The van der Waals surface area contributed by atoms with E-state index in [1.54, 1.807) is 24.3 Å². The Morgan fingerprint density at radius 3 is 2.53 bits per heavy atom. The van der Waals surface area contributed by atoms with Gasteiger partial charge in [0.05, 0.1) is 5.02 Å². The second-order valence-electron chi connectivity index (χ2n) is 4.37. The Hall–Kier alpha value is -1.45. The highest BCUT2D eigenvalue weighted by molar-refractivity contribution is 6.30. The third-order valence-corrected chi connectivity index (χ3v) is 3.31. The summed E-state index contributed by atoms with van der Waals surface area (Å²) in [6.07, 6.45) is 0. The highest BCUT2D eigenvalue weighted by Gasteiger charge is 2.09. The fraction of sp³-hybridized carbons (Fsp3) is 0.200. The molecule has 19 heavy (non-hydrogen) atoms. The third-order valence-electron chi connectivity index (χ3n) is 3.00. The lowest BCUT2D eigenvalue weighted by molar-refractivity contribution is 0.540. The molecular formula is C15H14ClF2N. The summed E-state index contributed by atoms with van der Waals surface area (Å²) in [5.74, 6) is -0.691. The third kappa shape index (κ3) is 3.52. The van der Waals surface area contributed by atoms with Gasteiger partial charge in [0.1, 0.15) is 11.6 Å². The number of nitrogens with one attached hydrogen (secondary N) is 1. The van der Waals surface area contributed by atoms with Crippen LogP contribution in [0, 0.1) is 11.6 Å². The van der Waals surface area contributed by atoms with Crippen LogP contribution in [0.4, 0.5) is 8.78 Å². The van der Waals surface area contributed by atoms with Crippen LogP contribution in [0.15, 0.2) is 42.5 Å². The van der Waals surface area contributed by atoms with Crippen molar-refractivity contribution in [2.75, 3.05) is 0 Å². The molecule has 1 atom stereocenters. The minimum absolute atomic E-state index is 0.0913. The van der Waals surface area contributed by atoms with Crippen molar-refractivity contribution in [2.45, 2.75) is 19.5 Å². The van der Waals surface area contributed by atoms with E-state index in [1.807, 2.05) is 6.92 Å².